The summed E-state index contributed by atoms with van der Waals surface area (Å²) in [7, 11) is 0. The fraction of sp³-hybridized carbons (Fsp3) is 0.571. The van der Waals surface area contributed by atoms with Crippen LogP contribution in [0.5, 0.6) is 0 Å². The van der Waals surface area contributed by atoms with Crippen LogP contribution < -0.4 is 5.79 Å². The number of rotatable bonds is 16. The van der Waals surface area contributed by atoms with Crippen molar-refractivity contribution < 1.29 is 0 Å². The molecule has 4 aromatic heterocycles. The Morgan fingerprint density at radius 1 is 0.542 bits per heavy atom. The van der Waals surface area contributed by atoms with Crippen molar-refractivity contribution in [2.24, 2.45) is 11.8 Å². The molecule has 2 atom stereocenters. The van der Waals surface area contributed by atoms with Gasteiger partial charge in [0, 0.05) is 0 Å². The van der Waals surface area contributed by atoms with Gasteiger partial charge in [0.15, 0.2) is 0 Å². The van der Waals surface area contributed by atoms with Gasteiger partial charge in [-0.2, -0.15) is 0 Å². The molecule has 0 saturated carbocycles. The van der Waals surface area contributed by atoms with E-state index in [1.807, 2.05) is 13.8 Å². The van der Waals surface area contributed by atoms with E-state index in [1.54, 1.807) is 46.8 Å². The molecule has 1 aromatic carbocycles. The fourth-order valence-electron chi connectivity index (χ4n) is 6.70. The third-order valence-electron chi connectivity index (χ3n) is 9.82. The van der Waals surface area contributed by atoms with Crippen molar-refractivity contribution in [1.29, 1.82) is 0 Å². The predicted octanol–water partition coefficient (Wildman–Crippen LogP) is 15.2. The van der Waals surface area contributed by atoms with E-state index in [9.17, 15) is 0 Å². The van der Waals surface area contributed by atoms with Gasteiger partial charge in [-0.15, -0.1) is 0 Å². The van der Waals surface area contributed by atoms with Crippen molar-refractivity contribution in [3.63, 3.8) is 0 Å². The second-order valence-electron chi connectivity index (χ2n) is 15.7. The van der Waals surface area contributed by atoms with E-state index < -0.39 is 36.8 Å². The van der Waals surface area contributed by atoms with E-state index in [2.05, 4.69) is 139 Å². The van der Waals surface area contributed by atoms with E-state index in [0.29, 0.717) is 0 Å². The zero-order valence-corrected chi connectivity index (χ0v) is 41.3. The molecule has 0 nitrogen and oxygen atoms in total. The summed E-state index contributed by atoms with van der Waals surface area (Å²) >= 11 is 3.88. The van der Waals surface area contributed by atoms with Gasteiger partial charge in [-0.25, -0.2) is 0 Å². The molecule has 0 amide bonds. The second-order valence-corrected chi connectivity index (χ2v) is 51.0. The molecule has 0 aliphatic carbocycles. The van der Waals surface area contributed by atoms with Gasteiger partial charge in [0.05, 0.1) is 0 Å². The van der Waals surface area contributed by atoms with Gasteiger partial charge in [-0.05, 0) is 0 Å². The Hall–Kier alpha value is 0.137. The van der Waals surface area contributed by atoms with Crippen molar-refractivity contribution in [1.82, 2.24) is 0 Å². The SMILES string of the molecule is CC.CCCCC(CC)Cc1ccc(-c2c3c[c]([Sn]([CH3])([CH3])[CH3])sc3c(-c3ccc(CC(CC)CCCC)s3)c3c[c]([Sn]([CH3])([CH3])[CH3])sc23)s1. The number of hydrogen-bond acceptors (Lipinski definition) is 4. The molecule has 2 unspecified atom stereocenters. The molecule has 0 aliphatic rings. The monoisotopic (exact) mass is 936 g/mol. The minimum atomic E-state index is -2.32. The Labute approximate surface area is 318 Å². The molecule has 5 aromatic rings. The maximum absolute atomic E-state index is 2.68. The van der Waals surface area contributed by atoms with Crippen LogP contribution in [0.15, 0.2) is 36.4 Å². The van der Waals surface area contributed by atoms with E-state index in [1.165, 1.54) is 74.0 Å². The van der Waals surface area contributed by atoms with Crippen LogP contribution in [0.25, 0.3) is 41.1 Å². The summed E-state index contributed by atoms with van der Waals surface area (Å²) < 4.78 is 6.55. The van der Waals surface area contributed by atoms with Gasteiger partial charge in [-0.1, -0.05) is 27.7 Å². The van der Waals surface area contributed by atoms with Gasteiger partial charge in [0.2, 0.25) is 0 Å². The molecule has 0 fully saturated rings. The number of hydrogen-bond donors (Lipinski definition) is 0. The minimum absolute atomic E-state index is 0.808. The third-order valence-corrected chi connectivity index (χ3v) is 33.2. The van der Waals surface area contributed by atoms with Crippen LogP contribution in [0.3, 0.4) is 0 Å². The van der Waals surface area contributed by atoms with Crippen LogP contribution in [0.2, 0.25) is 29.6 Å². The number of fused-ring (bicyclic) bond motifs is 2. The van der Waals surface area contributed by atoms with Crippen molar-refractivity contribution >= 4 is 108 Å². The topological polar surface area (TPSA) is 0 Å². The van der Waals surface area contributed by atoms with Crippen molar-refractivity contribution in [2.45, 2.75) is 135 Å². The zero-order valence-electron chi connectivity index (χ0n) is 32.3. The molecule has 48 heavy (non-hydrogen) atoms. The van der Waals surface area contributed by atoms with Crippen molar-refractivity contribution in [3.8, 4) is 20.9 Å². The van der Waals surface area contributed by atoms with Gasteiger partial charge in [-0.3, -0.25) is 0 Å². The van der Waals surface area contributed by atoms with E-state index in [4.69, 9.17) is 0 Å². The summed E-state index contributed by atoms with van der Waals surface area (Å²) in [5.74, 6) is 1.62. The van der Waals surface area contributed by atoms with Crippen molar-refractivity contribution in [3.05, 3.63) is 46.2 Å². The number of thiophene rings is 4. The number of benzene rings is 1. The van der Waals surface area contributed by atoms with Crippen molar-refractivity contribution in [2.75, 3.05) is 0 Å². The van der Waals surface area contributed by atoms with Gasteiger partial charge in [0.25, 0.3) is 0 Å². The fourth-order valence-corrected chi connectivity index (χ4v) is 22.1. The average molecular weight is 935 g/mol. The van der Waals surface area contributed by atoms with Crippen LogP contribution in [0.4, 0.5) is 0 Å². The summed E-state index contributed by atoms with van der Waals surface area (Å²) in [6, 6.07) is 15.3. The van der Waals surface area contributed by atoms with Crippen LogP contribution in [-0.4, -0.2) is 36.8 Å². The Kier molecular flexibility index (Phi) is 15.6. The standard InChI is InChI=1S/C34H40S4.C2H6.6CH3.2Sn/c1-5-9-11-23(7-3)21-25-13-15-29(37-25)31-27-17-19-36-34(27)32(28-18-20-35-33(28)31)30-16-14-26(38-30)22-24(8-4)12-10-6-2;1-2;;;;;;;;/h13-18,23-24H,5-12,21-22H2,1-4H3;1-2H3;6*1H3;;. The molecule has 5 rings (SSSR count). The first-order valence-electron chi connectivity index (χ1n) is 19.1. The molecule has 0 saturated heterocycles. The van der Waals surface area contributed by atoms with Crippen LogP contribution >= 0.6 is 45.3 Å². The third kappa shape index (κ3) is 9.76. The number of unbranched alkanes of at least 4 members (excludes halogenated alkanes) is 2. The summed E-state index contributed by atoms with van der Waals surface area (Å²) in [5, 5.41) is 3.09. The molecule has 0 aliphatic heterocycles. The Morgan fingerprint density at radius 3 is 1.23 bits per heavy atom. The quantitative estimate of drug-likeness (QED) is 0.0865. The van der Waals surface area contributed by atoms with E-state index >= 15 is 0 Å². The van der Waals surface area contributed by atoms with Gasteiger partial charge < -0.3 is 0 Å². The molecule has 6 heteroatoms. The molecule has 0 N–H and O–H groups in total. The summed E-state index contributed by atoms with van der Waals surface area (Å²) in [4.78, 5) is 21.8. The molecular formula is C42H64S4Sn2. The second kappa shape index (κ2) is 18.3. The molecule has 4 heterocycles. The Morgan fingerprint density at radius 2 is 0.917 bits per heavy atom. The molecule has 0 spiro atoms. The molecule has 0 bridgehead atoms. The van der Waals surface area contributed by atoms with Crippen LogP contribution in [0, 0.1) is 11.8 Å². The van der Waals surface area contributed by atoms with E-state index in [-0.39, 0.29) is 0 Å². The summed E-state index contributed by atoms with van der Waals surface area (Å²) in [5.41, 5.74) is 3.11. The molecule has 0 radical (unpaired) electrons. The van der Waals surface area contributed by atoms with Gasteiger partial charge in [0.1, 0.15) is 0 Å². The first-order chi connectivity index (χ1) is 22.9. The summed E-state index contributed by atoms with van der Waals surface area (Å²) in [6.07, 6.45) is 13.1. The molecular weight excluding hydrogens is 870 g/mol. The maximum atomic E-state index is 2.68. The average Bonchev–Trinajstić information content (AvgIpc) is 3.87. The zero-order chi connectivity index (χ0) is 35.2. The Bertz CT molecular complexity index is 1550. The first kappa shape index (κ1) is 40.9. The molecule has 264 valence electrons. The normalized spacial score (nSPS) is 13.7. The van der Waals surface area contributed by atoms with Crippen LogP contribution in [0.1, 0.15) is 103 Å². The van der Waals surface area contributed by atoms with E-state index in [0.717, 1.165) is 11.8 Å². The summed E-state index contributed by atoms with van der Waals surface area (Å²) in [6.45, 7) is 13.4. The predicted molar refractivity (Wildman–Crippen MR) is 235 cm³/mol. The van der Waals surface area contributed by atoms with Crippen LogP contribution in [-0.2, 0) is 12.8 Å². The van der Waals surface area contributed by atoms with Gasteiger partial charge >= 0.3 is 295 Å². The first-order valence-corrected chi connectivity index (χ1v) is 42.3. The Balaban J connectivity index is 0.00000255.